The Hall–Kier alpha value is -2.36. The van der Waals surface area contributed by atoms with Crippen molar-refractivity contribution in [2.24, 2.45) is 5.92 Å². The maximum Gasteiger partial charge on any atom is 0.330 e. The van der Waals surface area contributed by atoms with Crippen LogP contribution in [0.1, 0.15) is 64.0 Å². The van der Waals surface area contributed by atoms with Gasteiger partial charge in [0.05, 0.1) is 5.75 Å². The highest BCUT2D eigenvalue weighted by Crippen LogP contribution is 2.28. The second-order valence-electron chi connectivity index (χ2n) is 7.92. The highest BCUT2D eigenvalue weighted by atomic mass is 32.2. The van der Waals surface area contributed by atoms with Gasteiger partial charge in [-0.05, 0) is 19.3 Å². The summed E-state index contributed by atoms with van der Waals surface area (Å²) in [5.74, 6) is 2.94. The van der Waals surface area contributed by atoms with Crippen LogP contribution in [0.25, 0.3) is 11.2 Å². The molecule has 3 aromatic rings. The minimum atomic E-state index is -0.397. The lowest BCUT2D eigenvalue weighted by Gasteiger charge is -2.06. The van der Waals surface area contributed by atoms with Gasteiger partial charge in [-0.25, -0.2) is 14.8 Å². The summed E-state index contributed by atoms with van der Waals surface area (Å²) >= 11 is 1.49. The molecule has 0 saturated heterocycles. The van der Waals surface area contributed by atoms with Gasteiger partial charge in [-0.1, -0.05) is 50.8 Å². The van der Waals surface area contributed by atoms with E-state index in [4.69, 9.17) is 0 Å². The second-order valence-corrected chi connectivity index (χ2v) is 8.86. The molecule has 1 aliphatic carbocycles. The van der Waals surface area contributed by atoms with Crippen LogP contribution in [0.3, 0.4) is 0 Å². The molecule has 0 aromatic carbocycles. The number of imidazole rings is 1. The van der Waals surface area contributed by atoms with Crippen molar-refractivity contribution in [2.75, 3.05) is 0 Å². The van der Waals surface area contributed by atoms with Gasteiger partial charge in [0.2, 0.25) is 5.16 Å². The summed E-state index contributed by atoms with van der Waals surface area (Å²) in [7, 11) is 0. The van der Waals surface area contributed by atoms with Gasteiger partial charge >= 0.3 is 5.69 Å². The van der Waals surface area contributed by atoms with Crippen LogP contribution in [0.4, 0.5) is 0 Å². The van der Waals surface area contributed by atoms with E-state index >= 15 is 0 Å². The number of aromatic nitrogens is 7. The largest absolute Gasteiger partial charge is 0.330 e. The number of nitrogens with zero attached hydrogens (tertiary/aromatic N) is 5. The van der Waals surface area contributed by atoms with Gasteiger partial charge in [-0.15, -0.1) is 5.10 Å². The first-order valence-corrected chi connectivity index (χ1v) is 11.9. The van der Waals surface area contributed by atoms with Gasteiger partial charge in [-0.3, -0.25) is 19.4 Å². The number of fused-ring (bicyclic) bond motifs is 1. The number of hydrogen-bond donors (Lipinski definition) is 2. The van der Waals surface area contributed by atoms with Crippen LogP contribution in [0.5, 0.6) is 0 Å². The van der Waals surface area contributed by atoms with Crippen LogP contribution in [0.15, 0.2) is 14.7 Å². The highest BCUT2D eigenvalue weighted by molar-refractivity contribution is 7.98. The smallest absolute Gasteiger partial charge is 0.322 e. The molecule has 30 heavy (non-hydrogen) atoms. The Bertz CT molecular complexity index is 1120. The Labute approximate surface area is 178 Å². The lowest BCUT2D eigenvalue weighted by Crippen LogP contribution is -2.31. The van der Waals surface area contributed by atoms with Crippen LogP contribution >= 0.6 is 11.8 Å². The molecular formula is C20H29N7O2S. The maximum atomic E-state index is 12.5. The van der Waals surface area contributed by atoms with Gasteiger partial charge in [0.1, 0.15) is 11.6 Å². The van der Waals surface area contributed by atoms with Crippen LogP contribution in [0.2, 0.25) is 0 Å². The summed E-state index contributed by atoms with van der Waals surface area (Å²) in [6.45, 7) is 5.19. The molecule has 0 amide bonds. The van der Waals surface area contributed by atoms with Crippen molar-refractivity contribution in [1.82, 2.24) is 34.3 Å². The van der Waals surface area contributed by atoms with E-state index in [0.29, 0.717) is 41.1 Å². The number of H-pyrrole nitrogens is 2. The molecular weight excluding hydrogens is 402 g/mol. The lowest BCUT2D eigenvalue weighted by molar-refractivity contribution is 0.531. The molecule has 0 radical (unpaired) electrons. The van der Waals surface area contributed by atoms with E-state index in [0.717, 1.165) is 30.9 Å². The molecule has 0 spiro atoms. The number of aryl methyl sites for hydroxylation is 2. The number of thioether (sulfide) groups is 1. The first kappa shape index (κ1) is 20.9. The van der Waals surface area contributed by atoms with E-state index in [9.17, 15) is 9.59 Å². The zero-order chi connectivity index (χ0) is 21.1. The molecule has 3 aromatic heterocycles. The zero-order valence-corrected chi connectivity index (χ0v) is 18.4. The Morgan fingerprint density at radius 1 is 1.13 bits per heavy atom. The molecule has 0 bridgehead atoms. The molecule has 1 fully saturated rings. The number of nitrogens with one attached hydrogen (secondary N) is 2. The van der Waals surface area contributed by atoms with E-state index in [1.54, 1.807) is 4.57 Å². The topological polar surface area (TPSA) is 114 Å². The predicted molar refractivity (Wildman–Crippen MR) is 117 cm³/mol. The van der Waals surface area contributed by atoms with Crippen molar-refractivity contribution in [3.8, 4) is 0 Å². The third kappa shape index (κ3) is 4.23. The van der Waals surface area contributed by atoms with Gasteiger partial charge < -0.3 is 4.57 Å². The summed E-state index contributed by atoms with van der Waals surface area (Å²) < 4.78 is 3.46. The van der Waals surface area contributed by atoms with Crippen molar-refractivity contribution >= 4 is 22.9 Å². The number of hydrogen-bond acceptors (Lipinski definition) is 6. The summed E-state index contributed by atoms with van der Waals surface area (Å²) in [6.07, 6.45) is 7.95. The average molecular weight is 432 g/mol. The predicted octanol–water partition coefficient (Wildman–Crippen LogP) is 2.85. The van der Waals surface area contributed by atoms with E-state index in [1.807, 2.05) is 11.5 Å². The van der Waals surface area contributed by atoms with Gasteiger partial charge in [0.25, 0.3) is 5.56 Å². The third-order valence-corrected chi connectivity index (χ3v) is 6.66. The Morgan fingerprint density at radius 3 is 2.67 bits per heavy atom. The fraction of sp³-hybridized carbons (Fsp3) is 0.650. The maximum absolute atomic E-state index is 12.5. The minimum Gasteiger partial charge on any atom is -0.322 e. The van der Waals surface area contributed by atoms with Gasteiger partial charge in [0, 0.05) is 19.5 Å². The fourth-order valence-corrected chi connectivity index (χ4v) is 5.01. The van der Waals surface area contributed by atoms with Gasteiger partial charge in [-0.2, -0.15) is 0 Å². The molecule has 9 nitrogen and oxygen atoms in total. The molecule has 2 N–H and O–H groups in total. The van der Waals surface area contributed by atoms with Crippen molar-refractivity contribution < 1.29 is 0 Å². The van der Waals surface area contributed by atoms with Crippen LogP contribution in [-0.2, 0) is 25.3 Å². The quantitative estimate of drug-likeness (QED) is 0.504. The normalized spacial score (nSPS) is 14.9. The number of aromatic amines is 2. The van der Waals surface area contributed by atoms with Crippen molar-refractivity contribution in [3.63, 3.8) is 0 Å². The van der Waals surface area contributed by atoms with Crippen molar-refractivity contribution in [3.05, 3.63) is 32.5 Å². The van der Waals surface area contributed by atoms with Crippen LogP contribution in [0, 0.1) is 5.92 Å². The molecule has 10 heteroatoms. The van der Waals surface area contributed by atoms with Crippen LogP contribution < -0.4 is 11.2 Å². The summed E-state index contributed by atoms with van der Waals surface area (Å²) in [4.78, 5) is 36.6. The Morgan fingerprint density at radius 2 is 1.93 bits per heavy atom. The molecule has 4 rings (SSSR count). The first-order chi connectivity index (χ1) is 14.6. The molecule has 162 valence electrons. The zero-order valence-electron chi connectivity index (χ0n) is 17.6. The average Bonchev–Trinajstić information content (AvgIpc) is 3.46. The monoisotopic (exact) mass is 431 g/mol. The summed E-state index contributed by atoms with van der Waals surface area (Å²) in [5.41, 5.74) is 0.142. The standard InChI is InChI=1S/C20H29N7O2S/c1-3-5-10-27-17-16(18(28)23-20(27)29)26(4-2)15(22-17)12-30-19-21-14(24-25-19)11-13-8-6-7-9-13/h13H,3-12H2,1-2H3,(H,21,24,25)(H,23,28,29). The van der Waals surface area contributed by atoms with E-state index in [-0.39, 0.29) is 5.56 Å². The third-order valence-electron chi connectivity index (χ3n) is 5.81. The molecule has 0 atom stereocenters. The Kier molecular flexibility index (Phi) is 6.40. The molecule has 1 aliphatic rings. The van der Waals surface area contributed by atoms with Crippen molar-refractivity contribution in [2.45, 2.75) is 82.8 Å². The number of unbranched alkanes of at least 4 members (excludes halogenated alkanes) is 1. The minimum absolute atomic E-state index is 0.384. The number of rotatable bonds is 9. The molecule has 1 saturated carbocycles. The van der Waals surface area contributed by atoms with E-state index in [2.05, 4.69) is 32.1 Å². The first-order valence-electron chi connectivity index (χ1n) is 10.9. The van der Waals surface area contributed by atoms with Crippen molar-refractivity contribution in [1.29, 1.82) is 0 Å². The van der Waals surface area contributed by atoms with E-state index in [1.165, 1.54) is 37.4 Å². The second kappa shape index (κ2) is 9.20. The Balaban J connectivity index is 1.56. The fourth-order valence-electron chi connectivity index (χ4n) is 4.24. The van der Waals surface area contributed by atoms with E-state index < -0.39 is 5.69 Å². The summed E-state index contributed by atoms with van der Waals surface area (Å²) in [5, 5.41) is 8.09. The van der Waals surface area contributed by atoms with Crippen LogP contribution in [-0.4, -0.2) is 34.3 Å². The highest BCUT2D eigenvalue weighted by Gasteiger charge is 2.20. The lowest BCUT2D eigenvalue weighted by atomic mass is 10.0. The SMILES string of the molecule is CCCCn1c(=O)[nH]c(=O)c2c1nc(CSc1n[nH]c(CC3CCCC3)n1)n2CC. The molecule has 0 unspecified atom stereocenters. The van der Waals surface area contributed by atoms with Gasteiger partial charge in [0.15, 0.2) is 11.2 Å². The molecule has 0 aliphatic heterocycles. The molecule has 3 heterocycles. The summed E-state index contributed by atoms with van der Waals surface area (Å²) in [6, 6.07) is 0.